The molecule has 35 heavy (non-hydrogen) atoms. The summed E-state index contributed by atoms with van der Waals surface area (Å²) >= 11 is 0. The van der Waals surface area contributed by atoms with Crippen molar-refractivity contribution in [1.82, 2.24) is 0 Å². The summed E-state index contributed by atoms with van der Waals surface area (Å²) in [5, 5.41) is 22.7. The van der Waals surface area contributed by atoms with Gasteiger partial charge in [-0.2, -0.15) is 0 Å². The average Bonchev–Trinajstić information content (AvgIpc) is 2.84. The van der Waals surface area contributed by atoms with Gasteiger partial charge in [-0.15, -0.1) is 0 Å². The number of fused-ring (bicyclic) bond motifs is 1. The van der Waals surface area contributed by atoms with Crippen molar-refractivity contribution in [2.45, 2.75) is 32.4 Å². The third-order valence-electron chi connectivity index (χ3n) is 6.04. The van der Waals surface area contributed by atoms with Gasteiger partial charge in [-0.1, -0.05) is 36.4 Å². The van der Waals surface area contributed by atoms with Gasteiger partial charge in [0.05, 0.1) is 27.5 Å². The van der Waals surface area contributed by atoms with Crippen LogP contribution in [-0.4, -0.2) is 27.7 Å². The molecule has 0 spiro atoms. The molecule has 4 rings (SSSR count). The van der Waals surface area contributed by atoms with Crippen molar-refractivity contribution < 1.29 is 19.4 Å². The third-order valence-corrected chi connectivity index (χ3v) is 6.04. The first-order valence-electron chi connectivity index (χ1n) is 10.9. The minimum absolute atomic E-state index is 0.155. The molecule has 0 aromatic heterocycles. The van der Waals surface area contributed by atoms with Gasteiger partial charge in [0.2, 0.25) is 5.91 Å². The molecule has 3 aromatic carbocycles. The fraction of sp³-hybridized carbons (Fsp3) is 0.200. The second-order valence-corrected chi connectivity index (χ2v) is 8.31. The average molecular weight is 474 g/mol. The fourth-order valence-corrected chi connectivity index (χ4v) is 4.57. The summed E-state index contributed by atoms with van der Waals surface area (Å²) in [6.07, 6.45) is 0.397. The van der Waals surface area contributed by atoms with Crippen molar-refractivity contribution >= 4 is 34.6 Å². The van der Waals surface area contributed by atoms with E-state index in [1.165, 1.54) is 11.8 Å². The van der Waals surface area contributed by atoms with Crippen molar-refractivity contribution in [3.8, 4) is 0 Å². The number of nitro benzene ring substituents is 2. The number of anilines is 2. The van der Waals surface area contributed by atoms with E-state index < -0.39 is 33.2 Å². The molecule has 1 aliphatic heterocycles. The molecule has 10 heteroatoms. The van der Waals surface area contributed by atoms with Gasteiger partial charge in [0.25, 0.3) is 17.3 Å². The summed E-state index contributed by atoms with van der Waals surface area (Å²) in [6, 6.07) is 18.5. The largest absolute Gasteiger partial charge is 0.305 e. The van der Waals surface area contributed by atoms with Crippen molar-refractivity contribution in [3.63, 3.8) is 0 Å². The standard InChI is InChI=1S/C25H22N4O6/c1-16-12-24(27(17(2)30)19-8-4-3-5-9-19)22-10-6-7-11-23(22)26(16)25(31)18-13-20(28(32)33)15-21(14-18)29(34)35/h3-11,13-16,24H,12H2,1-2H3/t16-,24-/m1/s1. The Morgan fingerprint density at radius 1 is 0.914 bits per heavy atom. The van der Waals surface area contributed by atoms with Crippen molar-refractivity contribution in [1.29, 1.82) is 0 Å². The van der Waals surface area contributed by atoms with Crippen LogP contribution in [0.4, 0.5) is 22.7 Å². The zero-order valence-electron chi connectivity index (χ0n) is 19.0. The molecule has 0 radical (unpaired) electrons. The van der Waals surface area contributed by atoms with Crippen LogP contribution in [0.25, 0.3) is 0 Å². The van der Waals surface area contributed by atoms with E-state index in [9.17, 15) is 29.8 Å². The minimum Gasteiger partial charge on any atom is -0.305 e. The number of nitrogens with zero attached hydrogens (tertiary/aromatic N) is 4. The lowest BCUT2D eigenvalue weighted by molar-refractivity contribution is -0.394. The van der Waals surface area contributed by atoms with Crippen LogP contribution in [0.15, 0.2) is 72.8 Å². The Morgan fingerprint density at radius 3 is 2.06 bits per heavy atom. The molecule has 0 saturated heterocycles. The van der Waals surface area contributed by atoms with Gasteiger partial charge in [-0.3, -0.25) is 29.8 Å². The molecule has 2 atom stereocenters. The van der Waals surface area contributed by atoms with E-state index >= 15 is 0 Å². The molecule has 1 heterocycles. The SMILES string of the molecule is CC(=O)N(c1ccccc1)[C@@H]1C[C@@H](C)N(C(=O)c2cc([N+](=O)[O-])cc([N+](=O)[O-])c2)c2ccccc21. The number of hydrogen-bond acceptors (Lipinski definition) is 6. The molecule has 1 aliphatic rings. The number of para-hydroxylation sites is 2. The Kier molecular flexibility index (Phi) is 6.28. The van der Waals surface area contributed by atoms with Crippen LogP contribution >= 0.6 is 0 Å². The number of nitro groups is 2. The van der Waals surface area contributed by atoms with Gasteiger partial charge in [-0.05, 0) is 37.1 Å². The van der Waals surface area contributed by atoms with Crippen LogP contribution in [0.5, 0.6) is 0 Å². The Hall–Kier alpha value is -4.60. The highest BCUT2D eigenvalue weighted by atomic mass is 16.6. The van der Waals surface area contributed by atoms with Crippen LogP contribution in [-0.2, 0) is 4.79 Å². The first kappa shape index (κ1) is 23.6. The number of benzene rings is 3. The van der Waals surface area contributed by atoms with Crippen LogP contribution < -0.4 is 9.80 Å². The number of non-ortho nitro benzene ring substituents is 2. The molecular formula is C25H22N4O6. The van der Waals surface area contributed by atoms with Gasteiger partial charge in [0, 0.05) is 36.5 Å². The Labute approximate surface area is 200 Å². The van der Waals surface area contributed by atoms with Crippen LogP contribution in [0, 0.1) is 20.2 Å². The first-order chi connectivity index (χ1) is 16.7. The second-order valence-electron chi connectivity index (χ2n) is 8.31. The smallest absolute Gasteiger partial charge is 0.277 e. The molecule has 2 amide bonds. The van der Waals surface area contributed by atoms with Gasteiger partial charge >= 0.3 is 0 Å². The maximum atomic E-state index is 13.6. The summed E-state index contributed by atoms with van der Waals surface area (Å²) in [5.41, 5.74) is 0.768. The summed E-state index contributed by atoms with van der Waals surface area (Å²) in [5.74, 6) is -0.749. The van der Waals surface area contributed by atoms with Crippen molar-refractivity contribution in [2.24, 2.45) is 0 Å². The van der Waals surface area contributed by atoms with Gasteiger partial charge in [-0.25, -0.2) is 0 Å². The minimum atomic E-state index is -0.766. The van der Waals surface area contributed by atoms with Crippen LogP contribution in [0.1, 0.15) is 42.2 Å². The van der Waals surface area contributed by atoms with Crippen LogP contribution in [0.2, 0.25) is 0 Å². The van der Waals surface area contributed by atoms with Crippen molar-refractivity contribution in [3.05, 3.63) is 104 Å². The lowest BCUT2D eigenvalue weighted by Crippen LogP contribution is -2.47. The summed E-state index contributed by atoms with van der Waals surface area (Å²) in [6.45, 7) is 3.30. The highest BCUT2D eigenvalue weighted by Crippen LogP contribution is 2.43. The summed E-state index contributed by atoms with van der Waals surface area (Å²) in [4.78, 5) is 50.6. The van der Waals surface area contributed by atoms with E-state index in [4.69, 9.17) is 0 Å². The summed E-state index contributed by atoms with van der Waals surface area (Å²) in [7, 11) is 0. The molecule has 178 valence electrons. The summed E-state index contributed by atoms with van der Waals surface area (Å²) < 4.78 is 0. The van der Waals surface area contributed by atoms with E-state index in [0.717, 1.165) is 29.4 Å². The highest BCUT2D eigenvalue weighted by Gasteiger charge is 2.38. The molecule has 0 unspecified atom stereocenters. The normalized spacial score (nSPS) is 16.8. The van der Waals surface area contributed by atoms with E-state index in [2.05, 4.69) is 0 Å². The Balaban J connectivity index is 1.81. The predicted octanol–water partition coefficient (Wildman–Crippen LogP) is 5.04. The molecule has 0 aliphatic carbocycles. The van der Waals surface area contributed by atoms with E-state index in [1.54, 1.807) is 17.0 Å². The topological polar surface area (TPSA) is 127 Å². The van der Waals surface area contributed by atoms with Gasteiger partial charge < -0.3 is 9.80 Å². The molecule has 3 aromatic rings. The number of carbonyl (C=O) groups excluding carboxylic acids is 2. The maximum Gasteiger partial charge on any atom is 0.277 e. The number of hydrogen-bond donors (Lipinski definition) is 0. The number of rotatable bonds is 5. The molecule has 0 bridgehead atoms. The quantitative estimate of drug-likeness (QED) is 0.377. The Bertz CT molecular complexity index is 1290. The van der Waals surface area contributed by atoms with Gasteiger partial charge in [0.15, 0.2) is 0 Å². The maximum absolute atomic E-state index is 13.6. The fourth-order valence-electron chi connectivity index (χ4n) is 4.57. The van der Waals surface area contributed by atoms with E-state index in [0.29, 0.717) is 12.1 Å². The van der Waals surface area contributed by atoms with Crippen LogP contribution in [0.3, 0.4) is 0 Å². The predicted molar refractivity (Wildman–Crippen MR) is 129 cm³/mol. The number of carbonyl (C=O) groups is 2. The molecule has 0 N–H and O–H groups in total. The number of amides is 2. The highest BCUT2D eigenvalue weighted by molar-refractivity contribution is 6.08. The van der Waals surface area contributed by atoms with Gasteiger partial charge in [0.1, 0.15) is 0 Å². The lowest BCUT2D eigenvalue weighted by atomic mass is 9.89. The second kappa shape index (κ2) is 9.34. The zero-order valence-corrected chi connectivity index (χ0v) is 19.0. The monoisotopic (exact) mass is 474 g/mol. The Morgan fingerprint density at radius 2 is 1.49 bits per heavy atom. The molecular weight excluding hydrogens is 452 g/mol. The van der Waals surface area contributed by atoms with E-state index in [1.807, 2.05) is 49.4 Å². The zero-order chi connectivity index (χ0) is 25.3. The van der Waals surface area contributed by atoms with E-state index in [-0.39, 0.29) is 17.5 Å². The molecule has 0 saturated carbocycles. The van der Waals surface area contributed by atoms with Crippen molar-refractivity contribution in [2.75, 3.05) is 9.80 Å². The molecule has 0 fully saturated rings. The third kappa shape index (κ3) is 4.45. The first-order valence-corrected chi connectivity index (χ1v) is 10.9. The lowest BCUT2D eigenvalue weighted by Gasteiger charge is -2.43. The molecule has 10 nitrogen and oxygen atoms in total.